The summed E-state index contributed by atoms with van der Waals surface area (Å²) in [6.45, 7) is 16.5. The van der Waals surface area contributed by atoms with Crippen molar-refractivity contribution in [3.63, 3.8) is 0 Å². The molecule has 0 fully saturated rings. The van der Waals surface area contributed by atoms with Crippen LogP contribution in [-0.4, -0.2) is 6.71 Å². The molecule has 0 saturated heterocycles. The van der Waals surface area contributed by atoms with E-state index in [1.165, 1.54) is 44.4 Å². The lowest BCUT2D eigenvalue weighted by molar-refractivity contribution is 0.332. The van der Waals surface area contributed by atoms with Crippen LogP contribution in [0.15, 0.2) is 192 Å². The van der Waals surface area contributed by atoms with Gasteiger partial charge in [0.1, 0.15) is 5.58 Å². The summed E-state index contributed by atoms with van der Waals surface area (Å²) in [7, 11) is 0. The molecule has 3 heterocycles. The van der Waals surface area contributed by atoms with Crippen LogP contribution in [0.25, 0.3) is 22.1 Å². The standard InChI is InChI=1S/C62H56BN3O/c1-60(2,3)48-30-20-21-31-52(48)66-53-33-32-42(41-22-12-8-13-23-41)36-51(53)63-57-54(37-46(38-55(57)66)64(43-24-14-9-15-25-43)44-26-16-10-17-27-44)65(45-28-18-11-19-29-45)58-47-39-49-50(40-56(47)67-59(58)63)62(6,7)35-34-61(49,4)5/h8-33,36-40H,34-35H2,1-7H3. The lowest BCUT2D eigenvalue weighted by Gasteiger charge is -2.44. The minimum atomic E-state index is -0.210. The van der Waals surface area contributed by atoms with Crippen LogP contribution >= 0.6 is 0 Å². The predicted octanol–water partition coefficient (Wildman–Crippen LogP) is 15.3. The van der Waals surface area contributed by atoms with Gasteiger partial charge in [0.05, 0.1) is 17.0 Å². The fourth-order valence-corrected chi connectivity index (χ4v) is 11.5. The SMILES string of the molecule is CC(C)(C)c1ccccc1N1c2ccc(-c3ccccc3)cc2B2c3oc4cc5c(cc4c3N(c3ccccc3)c3cc(N(c4ccccc4)c4ccccc4)cc1c32)C(C)(C)CCC5(C)C. The molecule has 0 bridgehead atoms. The molecule has 67 heavy (non-hydrogen) atoms. The first kappa shape index (κ1) is 41.2. The number of furan rings is 1. The molecule has 0 amide bonds. The molecule has 1 aliphatic carbocycles. The van der Waals surface area contributed by atoms with Crippen LogP contribution < -0.4 is 31.3 Å². The number of hydrogen-bond acceptors (Lipinski definition) is 4. The summed E-state index contributed by atoms with van der Waals surface area (Å²) in [6.07, 6.45) is 2.27. The quantitative estimate of drug-likeness (QED) is 0.155. The van der Waals surface area contributed by atoms with E-state index in [0.29, 0.717) is 0 Å². The molecular weight excluding hydrogens is 814 g/mol. The molecule has 0 atom stereocenters. The first-order chi connectivity index (χ1) is 32.4. The Balaban J connectivity index is 1.25. The van der Waals surface area contributed by atoms with E-state index < -0.39 is 0 Å². The highest BCUT2D eigenvalue weighted by Crippen LogP contribution is 2.53. The second kappa shape index (κ2) is 15.2. The van der Waals surface area contributed by atoms with E-state index in [2.05, 4.69) is 251 Å². The summed E-state index contributed by atoms with van der Waals surface area (Å²) >= 11 is 0. The summed E-state index contributed by atoms with van der Waals surface area (Å²) < 4.78 is 7.59. The van der Waals surface area contributed by atoms with Gasteiger partial charge >= 0.3 is 0 Å². The van der Waals surface area contributed by atoms with Crippen LogP contribution in [0, 0.1) is 0 Å². The van der Waals surface area contributed by atoms with Gasteiger partial charge in [-0.05, 0) is 141 Å². The second-order valence-corrected chi connectivity index (χ2v) is 21.2. The van der Waals surface area contributed by atoms with Gasteiger partial charge < -0.3 is 19.1 Å². The molecule has 0 unspecified atom stereocenters. The Kier molecular flexibility index (Phi) is 9.32. The van der Waals surface area contributed by atoms with Crippen LogP contribution in [0.3, 0.4) is 0 Å². The molecule has 2 aliphatic heterocycles. The largest absolute Gasteiger partial charge is 0.468 e. The smallest absolute Gasteiger partial charge is 0.297 e. The lowest BCUT2D eigenvalue weighted by atomic mass is 9.35. The normalized spacial score (nSPS) is 15.4. The maximum Gasteiger partial charge on any atom is 0.297 e. The van der Waals surface area contributed by atoms with Crippen LogP contribution in [0.1, 0.15) is 78.0 Å². The summed E-state index contributed by atoms with van der Waals surface area (Å²) in [5, 5.41) is 1.16. The van der Waals surface area contributed by atoms with Gasteiger partial charge in [-0.3, -0.25) is 0 Å². The van der Waals surface area contributed by atoms with E-state index in [1.807, 2.05) is 0 Å². The molecule has 0 radical (unpaired) electrons. The summed E-state index contributed by atoms with van der Waals surface area (Å²) in [4.78, 5) is 7.51. The van der Waals surface area contributed by atoms with E-state index in [0.717, 1.165) is 75.0 Å². The molecule has 5 heteroatoms. The third-order valence-electron chi connectivity index (χ3n) is 15.0. The minimum Gasteiger partial charge on any atom is -0.468 e. The Morgan fingerprint density at radius 2 is 1.06 bits per heavy atom. The molecule has 0 N–H and O–H groups in total. The molecule has 328 valence electrons. The summed E-state index contributed by atoms with van der Waals surface area (Å²) in [5.41, 5.74) is 20.9. The van der Waals surface area contributed by atoms with Crippen molar-refractivity contribution >= 4 is 85.5 Å². The van der Waals surface area contributed by atoms with Crippen molar-refractivity contribution in [3.8, 4) is 11.1 Å². The molecule has 1 aromatic heterocycles. The van der Waals surface area contributed by atoms with E-state index in [4.69, 9.17) is 4.42 Å². The highest BCUT2D eigenvalue weighted by molar-refractivity contribution is 7.00. The summed E-state index contributed by atoms with van der Waals surface area (Å²) in [5.74, 6) is 0. The number of rotatable bonds is 6. The van der Waals surface area contributed by atoms with Gasteiger partial charge in [-0.25, -0.2) is 0 Å². The first-order valence-electron chi connectivity index (χ1n) is 24.0. The molecule has 3 aliphatic rings. The maximum atomic E-state index is 7.59. The Bertz CT molecular complexity index is 3310. The fraction of sp³-hybridized carbons (Fsp3) is 0.194. The molecule has 8 aromatic carbocycles. The van der Waals surface area contributed by atoms with E-state index >= 15 is 0 Å². The van der Waals surface area contributed by atoms with Crippen molar-refractivity contribution in [2.75, 3.05) is 14.7 Å². The molecular formula is C62H56BN3O. The van der Waals surface area contributed by atoms with Gasteiger partial charge in [0.2, 0.25) is 0 Å². The third-order valence-corrected chi connectivity index (χ3v) is 15.0. The van der Waals surface area contributed by atoms with Crippen molar-refractivity contribution in [1.82, 2.24) is 0 Å². The number of para-hydroxylation sites is 4. The fourth-order valence-electron chi connectivity index (χ4n) is 11.5. The molecule has 0 spiro atoms. The highest BCUT2D eigenvalue weighted by atomic mass is 16.3. The number of hydrogen-bond donors (Lipinski definition) is 0. The van der Waals surface area contributed by atoms with Crippen molar-refractivity contribution in [2.45, 2.75) is 77.6 Å². The number of benzene rings is 8. The van der Waals surface area contributed by atoms with Crippen LogP contribution in [0.2, 0.25) is 0 Å². The Morgan fingerprint density at radius 3 is 1.69 bits per heavy atom. The third kappa shape index (κ3) is 6.57. The number of nitrogens with zero attached hydrogens (tertiary/aromatic N) is 3. The van der Waals surface area contributed by atoms with Crippen LogP contribution in [0.5, 0.6) is 0 Å². The molecule has 12 rings (SSSR count). The highest BCUT2D eigenvalue weighted by Gasteiger charge is 2.48. The van der Waals surface area contributed by atoms with E-state index in [1.54, 1.807) is 0 Å². The number of anilines is 9. The zero-order valence-corrected chi connectivity index (χ0v) is 39.6. The zero-order chi connectivity index (χ0) is 45.8. The van der Waals surface area contributed by atoms with Gasteiger partial charge in [-0.2, -0.15) is 0 Å². The Morgan fingerprint density at radius 1 is 0.507 bits per heavy atom. The van der Waals surface area contributed by atoms with E-state index in [-0.39, 0.29) is 23.0 Å². The topological polar surface area (TPSA) is 22.9 Å². The predicted molar refractivity (Wildman–Crippen MR) is 284 cm³/mol. The monoisotopic (exact) mass is 869 g/mol. The average Bonchev–Trinajstić information content (AvgIpc) is 3.72. The van der Waals surface area contributed by atoms with E-state index in [9.17, 15) is 0 Å². The van der Waals surface area contributed by atoms with Crippen molar-refractivity contribution in [1.29, 1.82) is 0 Å². The maximum absolute atomic E-state index is 7.59. The first-order valence-corrected chi connectivity index (χ1v) is 24.0. The van der Waals surface area contributed by atoms with Crippen molar-refractivity contribution in [3.05, 3.63) is 205 Å². The van der Waals surface area contributed by atoms with Crippen LogP contribution in [0.4, 0.5) is 51.2 Å². The summed E-state index contributed by atoms with van der Waals surface area (Å²) in [6, 6.07) is 69.4. The Labute approximate surface area is 396 Å². The molecule has 4 nitrogen and oxygen atoms in total. The average molecular weight is 870 g/mol. The van der Waals surface area contributed by atoms with Gasteiger partial charge in [-0.15, -0.1) is 0 Å². The lowest BCUT2D eigenvalue weighted by Crippen LogP contribution is -2.61. The minimum absolute atomic E-state index is 0.0164. The second-order valence-electron chi connectivity index (χ2n) is 21.2. The molecule has 0 saturated carbocycles. The van der Waals surface area contributed by atoms with Gasteiger partial charge in [-0.1, -0.05) is 164 Å². The van der Waals surface area contributed by atoms with Gasteiger partial charge in [0.15, 0.2) is 0 Å². The van der Waals surface area contributed by atoms with Gasteiger partial charge in [0.25, 0.3) is 6.71 Å². The Hall–Kier alpha value is -7.24. The van der Waals surface area contributed by atoms with Crippen molar-refractivity contribution < 1.29 is 4.42 Å². The van der Waals surface area contributed by atoms with Crippen molar-refractivity contribution in [2.24, 2.45) is 0 Å². The number of fused-ring (bicyclic) bond motifs is 7. The zero-order valence-electron chi connectivity index (χ0n) is 39.6. The molecule has 9 aromatic rings. The van der Waals surface area contributed by atoms with Gasteiger partial charge in [0, 0.05) is 45.2 Å². The van der Waals surface area contributed by atoms with Crippen LogP contribution in [-0.2, 0) is 16.2 Å².